The first kappa shape index (κ1) is 23.3. The monoisotopic (exact) mass is 466 g/mol. The number of rotatable bonds is 8. The van der Waals surface area contributed by atoms with Gasteiger partial charge in [0.1, 0.15) is 0 Å². The van der Waals surface area contributed by atoms with E-state index in [1.54, 1.807) is 0 Å². The summed E-state index contributed by atoms with van der Waals surface area (Å²) in [4.78, 5) is 17.3. The van der Waals surface area contributed by atoms with Crippen molar-refractivity contribution in [3.8, 4) is 11.1 Å². The van der Waals surface area contributed by atoms with Crippen LogP contribution in [0.4, 0.5) is 5.69 Å². The second-order valence-corrected chi connectivity index (χ2v) is 9.49. The molecule has 1 amide bonds. The van der Waals surface area contributed by atoms with Gasteiger partial charge in [0.25, 0.3) is 0 Å². The predicted molar refractivity (Wildman–Crippen MR) is 144 cm³/mol. The van der Waals surface area contributed by atoms with Crippen molar-refractivity contribution in [2.24, 2.45) is 5.92 Å². The predicted octanol–water partition coefficient (Wildman–Crippen LogP) is 6.03. The molecular weight excluding hydrogens is 432 g/mol. The summed E-state index contributed by atoms with van der Waals surface area (Å²) in [7, 11) is 0. The maximum atomic E-state index is 12.6. The summed E-state index contributed by atoms with van der Waals surface area (Å²) in [6, 6.07) is 21.1. The molecule has 2 aromatic carbocycles. The van der Waals surface area contributed by atoms with Crippen LogP contribution in [-0.2, 0) is 17.8 Å². The van der Waals surface area contributed by atoms with Crippen LogP contribution in [0.1, 0.15) is 43.9 Å². The second-order valence-electron chi connectivity index (χ2n) is 9.49. The SMILES string of the molecule is CCC(=O)Nc1c(-c2cn(Cc3ccccc3)c3ccccc23)ccnc1CCC1CCNCC1. The zero-order valence-electron chi connectivity index (χ0n) is 20.5. The highest BCUT2D eigenvalue weighted by Crippen LogP contribution is 2.37. The van der Waals surface area contributed by atoms with E-state index in [0.717, 1.165) is 55.0 Å². The number of benzene rings is 2. The van der Waals surface area contributed by atoms with Gasteiger partial charge < -0.3 is 15.2 Å². The number of nitrogens with one attached hydrogen (secondary N) is 2. The number of nitrogens with zero attached hydrogens (tertiary/aromatic N) is 2. The lowest BCUT2D eigenvalue weighted by atomic mass is 9.91. The Hall–Kier alpha value is -3.44. The van der Waals surface area contributed by atoms with Crippen molar-refractivity contribution in [1.82, 2.24) is 14.9 Å². The number of carbonyl (C=O) groups excluding carboxylic acids is 1. The Bertz CT molecular complexity index is 1290. The third-order valence-electron chi connectivity index (χ3n) is 7.14. The molecule has 2 N–H and O–H groups in total. The molecule has 0 bridgehead atoms. The third kappa shape index (κ3) is 5.30. The summed E-state index contributed by atoms with van der Waals surface area (Å²) in [5.41, 5.74) is 6.49. The Morgan fingerprint density at radius 3 is 2.60 bits per heavy atom. The molecule has 0 unspecified atom stereocenters. The average Bonchev–Trinajstić information content (AvgIpc) is 3.27. The number of piperidine rings is 1. The standard InChI is InChI=1S/C30H34N4O/c1-2-29(35)33-30-25(16-19-32-27(30)13-12-22-14-17-31-18-15-22)26-21-34(20-23-8-4-3-5-9-23)28-11-7-6-10-24(26)28/h3-11,16,19,21-22,31H,2,12-15,17-18,20H2,1H3,(H,33,35). The van der Waals surface area contributed by atoms with Crippen LogP contribution in [0.3, 0.4) is 0 Å². The molecule has 1 aliphatic rings. The number of para-hydroxylation sites is 1. The molecule has 0 aliphatic carbocycles. The summed E-state index contributed by atoms with van der Waals surface area (Å²) >= 11 is 0. The summed E-state index contributed by atoms with van der Waals surface area (Å²) < 4.78 is 2.31. The van der Waals surface area contributed by atoms with Gasteiger partial charge in [-0.1, -0.05) is 55.5 Å². The fourth-order valence-electron chi connectivity index (χ4n) is 5.17. The fourth-order valence-corrected chi connectivity index (χ4v) is 5.17. The van der Waals surface area contributed by atoms with Gasteiger partial charge in [0.15, 0.2) is 0 Å². The molecule has 180 valence electrons. The summed E-state index contributed by atoms with van der Waals surface area (Å²) in [5, 5.41) is 7.85. The van der Waals surface area contributed by atoms with Crippen LogP contribution < -0.4 is 10.6 Å². The Labute approximate surface area is 207 Å². The molecule has 0 atom stereocenters. The number of fused-ring (bicyclic) bond motifs is 1. The van der Waals surface area contributed by atoms with Crippen LogP contribution >= 0.6 is 0 Å². The van der Waals surface area contributed by atoms with Gasteiger partial charge >= 0.3 is 0 Å². The molecule has 5 nitrogen and oxygen atoms in total. The number of hydrogen-bond acceptors (Lipinski definition) is 3. The minimum absolute atomic E-state index is 0.0235. The molecule has 2 aromatic heterocycles. The number of amides is 1. The maximum Gasteiger partial charge on any atom is 0.224 e. The van der Waals surface area contributed by atoms with E-state index < -0.39 is 0 Å². The molecule has 1 saturated heterocycles. The van der Waals surface area contributed by atoms with Crippen molar-refractivity contribution in [3.05, 3.63) is 84.3 Å². The fraction of sp³-hybridized carbons (Fsp3) is 0.333. The number of hydrogen-bond donors (Lipinski definition) is 2. The van der Waals surface area contributed by atoms with Crippen LogP contribution in [0, 0.1) is 5.92 Å². The zero-order chi connectivity index (χ0) is 24.0. The highest BCUT2D eigenvalue weighted by molar-refractivity contribution is 6.03. The van der Waals surface area contributed by atoms with Crippen molar-refractivity contribution < 1.29 is 4.79 Å². The van der Waals surface area contributed by atoms with Gasteiger partial charge in [-0.05, 0) is 62.4 Å². The first-order valence-corrected chi connectivity index (χ1v) is 12.8. The average molecular weight is 467 g/mol. The number of aryl methyl sites for hydroxylation is 1. The Kier molecular flexibility index (Phi) is 7.24. The van der Waals surface area contributed by atoms with E-state index in [1.165, 1.54) is 29.3 Å². The minimum Gasteiger partial charge on any atom is -0.342 e. The smallest absolute Gasteiger partial charge is 0.224 e. The van der Waals surface area contributed by atoms with Gasteiger partial charge in [-0.2, -0.15) is 0 Å². The maximum absolute atomic E-state index is 12.6. The molecule has 1 fully saturated rings. The normalized spacial score (nSPS) is 14.3. The molecule has 0 spiro atoms. The van der Waals surface area contributed by atoms with Crippen LogP contribution in [0.5, 0.6) is 0 Å². The number of aromatic nitrogens is 2. The van der Waals surface area contributed by atoms with E-state index >= 15 is 0 Å². The lowest BCUT2D eigenvalue weighted by molar-refractivity contribution is -0.115. The molecule has 1 aliphatic heterocycles. The highest BCUT2D eigenvalue weighted by Gasteiger charge is 2.20. The topological polar surface area (TPSA) is 59.0 Å². The second kappa shape index (κ2) is 10.9. The van der Waals surface area contributed by atoms with Crippen LogP contribution in [-0.4, -0.2) is 28.5 Å². The summed E-state index contributed by atoms with van der Waals surface area (Å²) in [6.45, 7) is 4.88. The lowest BCUT2D eigenvalue weighted by Gasteiger charge is -2.23. The minimum atomic E-state index is 0.0235. The largest absolute Gasteiger partial charge is 0.342 e. The van der Waals surface area contributed by atoms with Crippen molar-refractivity contribution in [1.29, 1.82) is 0 Å². The molecule has 5 rings (SSSR count). The van der Waals surface area contributed by atoms with Crippen molar-refractivity contribution in [3.63, 3.8) is 0 Å². The number of carbonyl (C=O) groups is 1. The Morgan fingerprint density at radius 1 is 1.03 bits per heavy atom. The zero-order valence-corrected chi connectivity index (χ0v) is 20.5. The van der Waals surface area contributed by atoms with Gasteiger partial charge in [-0.25, -0.2) is 0 Å². The molecule has 35 heavy (non-hydrogen) atoms. The molecule has 0 radical (unpaired) electrons. The summed E-state index contributed by atoms with van der Waals surface area (Å²) in [5.74, 6) is 0.736. The number of pyridine rings is 1. The van der Waals surface area contributed by atoms with Gasteiger partial charge in [0.05, 0.1) is 11.4 Å². The van der Waals surface area contributed by atoms with E-state index in [1.807, 2.05) is 25.3 Å². The lowest BCUT2D eigenvalue weighted by Crippen LogP contribution is -2.28. The Morgan fingerprint density at radius 2 is 1.80 bits per heavy atom. The van der Waals surface area contributed by atoms with Gasteiger partial charge in [0.2, 0.25) is 5.91 Å². The molecular formula is C30H34N4O. The first-order valence-electron chi connectivity index (χ1n) is 12.8. The van der Waals surface area contributed by atoms with E-state index in [4.69, 9.17) is 4.98 Å². The van der Waals surface area contributed by atoms with Gasteiger partial charge in [-0.15, -0.1) is 0 Å². The van der Waals surface area contributed by atoms with E-state index in [9.17, 15) is 4.79 Å². The van der Waals surface area contributed by atoms with Crippen LogP contribution in [0.15, 0.2) is 73.1 Å². The van der Waals surface area contributed by atoms with Gasteiger partial charge in [0, 0.05) is 47.4 Å². The highest BCUT2D eigenvalue weighted by atomic mass is 16.1. The van der Waals surface area contributed by atoms with E-state index in [0.29, 0.717) is 12.3 Å². The van der Waals surface area contributed by atoms with Crippen molar-refractivity contribution in [2.75, 3.05) is 18.4 Å². The van der Waals surface area contributed by atoms with Gasteiger partial charge in [-0.3, -0.25) is 9.78 Å². The Balaban J connectivity index is 1.55. The van der Waals surface area contributed by atoms with E-state index in [-0.39, 0.29) is 5.91 Å². The van der Waals surface area contributed by atoms with Crippen molar-refractivity contribution in [2.45, 2.75) is 45.6 Å². The molecule has 5 heteroatoms. The quantitative estimate of drug-likeness (QED) is 0.333. The van der Waals surface area contributed by atoms with Crippen LogP contribution in [0.2, 0.25) is 0 Å². The molecule has 4 aromatic rings. The first-order chi connectivity index (χ1) is 17.2. The van der Waals surface area contributed by atoms with Crippen molar-refractivity contribution >= 4 is 22.5 Å². The number of anilines is 1. The summed E-state index contributed by atoms with van der Waals surface area (Å²) in [6.07, 6.45) is 8.97. The van der Waals surface area contributed by atoms with Crippen LogP contribution in [0.25, 0.3) is 22.0 Å². The van der Waals surface area contributed by atoms with E-state index in [2.05, 4.69) is 69.9 Å². The molecule has 3 heterocycles. The molecule has 0 saturated carbocycles. The third-order valence-corrected chi connectivity index (χ3v) is 7.14.